The fraction of sp³-hybridized carbons (Fsp3) is 0.415. The van der Waals surface area contributed by atoms with Gasteiger partial charge in [0.2, 0.25) is 29.3 Å². The monoisotopic (exact) mass is 987 g/mol. The summed E-state index contributed by atoms with van der Waals surface area (Å²) in [5, 5.41) is 27.9. The first-order valence-electron chi connectivity index (χ1n) is 23.9. The molecule has 19 heteroatoms. The second kappa shape index (κ2) is 20.9. The lowest BCUT2D eigenvalue weighted by Gasteiger charge is -2.36. The first kappa shape index (κ1) is 50.6. The number of aromatic carboxylic acids is 1. The number of alkyl halides is 2. The second-order valence-electron chi connectivity index (χ2n) is 19.4. The molecule has 2 saturated heterocycles. The van der Waals surface area contributed by atoms with E-state index in [1.807, 2.05) is 92.3 Å². The van der Waals surface area contributed by atoms with E-state index in [1.54, 1.807) is 23.1 Å². The highest BCUT2D eigenvalue weighted by Crippen LogP contribution is 2.49. The number of Topliss-reactive ketones (excluding diaryl/α,β-unsaturated/α-hetero) is 1. The number of carboxylic acid groups (broad SMARTS) is 1. The number of nitriles is 1. The molecule has 0 saturated carbocycles. The van der Waals surface area contributed by atoms with E-state index in [0.717, 1.165) is 38.6 Å². The lowest BCUT2D eigenvalue weighted by Crippen LogP contribution is -2.46. The van der Waals surface area contributed by atoms with Gasteiger partial charge in [-0.3, -0.25) is 28.8 Å². The van der Waals surface area contributed by atoms with E-state index < -0.39 is 66.5 Å². The van der Waals surface area contributed by atoms with Crippen molar-refractivity contribution in [1.29, 1.82) is 5.26 Å². The van der Waals surface area contributed by atoms with Crippen molar-refractivity contribution in [2.24, 2.45) is 11.8 Å². The van der Waals surface area contributed by atoms with E-state index >= 15 is 0 Å². The molecule has 0 bridgehead atoms. The number of likely N-dealkylation sites (tertiary alicyclic amines) is 1. The van der Waals surface area contributed by atoms with Crippen LogP contribution in [0.5, 0.6) is 5.75 Å². The zero-order chi connectivity index (χ0) is 51.6. The number of nitrogens with one attached hydrogen (secondary N) is 3. The lowest BCUT2D eigenvalue weighted by atomic mass is 9.74. The van der Waals surface area contributed by atoms with Gasteiger partial charge in [-0.25, -0.2) is 18.2 Å². The quantitative estimate of drug-likeness (QED) is 0.116. The molecule has 5 aliphatic rings. The summed E-state index contributed by atoms with van der Waals surface area (Å²) in [4.78, 5) is 95.4. The van der Waals surface area contributed by atoms with E-state index in [-0.39, 0.29) is 92.9 Å². The number of benzene rings is 3. The van der Waals surface area contributed by atoms with Gasteiger partial charge in [0.25, 0.3) is 11.8 Å². The number of hydrogen-bond donors (Lipinski definition) is 4. The van der Waals surface area contributed by atoms with Gasteiger partial charge < -0.3 is 40.5 Å². The number of hydrogen-bond acceptors (Lipinski definition) is 10. The van der Waals surface area contributed by atoms with Crippen molar-refractivity contribution in [2.75, 3.05) is 46.2 Å². The summed E-state index contributed by atoms with van der Waals surface area (Å²) in [7, 11) is 7.72. The minimum atomic E-state index is -3.20. The Morgan fingerprint density at radius 1 is 1.00 bits per heavy atom. The Morgan fingerprint density at radius 3 is 2.51 bits per heavy atom. The molecule has 3 aromatic rings. The van der Waals surface area contributed by atoms with Gasteiger partial charge in [-0.1, -0.05) is 36.4 Å². The molecule has 0 radical (unpaired) electrons. The number of allylic oxidation sites excluding steroid dienone is 3. The fourth-order valence-electron chi connectivity index (χ4n) is 10.1. The Hall–Kier alpha value is -7.75. The van der Waals surface area contributed by atoms with Crippen LogP contribution in [0.3, 0.4) is 0 Å². The Kier molecular flexibility index (Phi) is 14.7. The SMILES string of the molecule is CN(C)c1ccc2c(c1)OC1=CC(=[N+](C)C)C=CC1C2c1ccc(C(=O)NCCCC(=O)CCC(=O)NCc2cccc3c2CN(C(=O)C[C@@H]2C[C@@H](C(=O)N4CC(F)(F)C[C@H]4C#N)NC2=O)C3)cc1C(=O)O. The summed E-state index contributed by atoms with van der Waals surface area (Å²) < 4.78 is 36.4. The van der Waals surface area contributed by atoms with Crippen LogP contribution in [0, 0.1) is 23.2 Å². The molecule has 72 heavy (non-hydrogen) atoms. The van der Waals surface area contributed by atoms with E-state index in [1.165, 1.54) is 6.07 Å². The van der Waals surface area contributed by atoms with Crippen molar-refractivity contribution < 1.29 is 56.8 Å². The summed E-state index contributed by atoms with van der Waals surface area (Å²) in [5.41, 5.74) is 5.85. The van der Waals surface area contributed by atoms with Crippen molar-refractivity contribution in [3.8, 4) is 11.8 Å². The van der Waals surface area contributed by atoms with Gasteiger partial charge >= 0.3 is 5.97 Å². The van der Waals surface area contributed by atoms with Crippen LogP contribution in [0.4, 0.5) is 14.5 Å². The van der Waals surface area contributed by atoms with E-state index in [9.17, 15) is 52.7 Å². The average Bonchev–Trinajstić information content (AvgIpc) is 4.06. The topological polar surface area (TPSA) is 222 Å². The number of amides is 5. The Labute approximate surface area is 415 Å². The number of ether oxygens (including phenoxy) is 1. The third kappa shape index (κ3) is 10.9. The predicted octanol–water partition coefficient (Wildman–Crippen LogP) is 4.43. The lowest BCUT2D eigenvalue weighted by molar-refractivity contribution is -0.462. The molecular weight excluding hydrogens is 931 g/mol. The van der Waals surface area contributed by atoms with Crippen molar-refractivity contribution in [3.05, 3.63) is 118 Å². The normalized spacial score (nSPS) is 21.3. The van der Waals surface area contributed by atoms with Crippen molar-refractivity contribution in [2.45, 2.75) is 88.5 Å². The fourth-order valence-corrected chi connectivity index (χ4v) is 10.1. The smallest absolute Gasteiger partial charge is 0.336 e. The van der Waals surface area contributed by atoms with Crippen LogP contribution >= 0.6 is 0 Å². The van der Waals surface area contributed by atoms with Crippen LogP contribution in [0.1, 0.15) is 99.4 Å². The van der Waals surface area contributed by atoms with Gasteiger partial charge in [-0.15, -0.1) is 0 Å². The van der Waals surface area contributed by atoms with Crippen LogP contribution in [0.15, 0.2) is 78.6 Å². The number of anilines is 1. The highest BCUT2D eigenvalue weighted by Gasteiger charge is 2.50. The molecule has 0 spiro atoms. The van der Waals surface area contributed by atoms with Gasteiger partial charge in [0.05, 0.1) is 18.2 Å². The molecule has 5 atom stereocenters. The summed E-state index contributed by atoms with van der Waals surface area (Å²) in [6.07, 6.45) is 5.27. The maximum Gasteiger partial charge on any atom is 0.336 e. The van der Waals surface area contributed by atoms with Gasteiger partial charge in [-0.05, 0) is 53.3 Å². The molecule has 4 aliphatic heterocycles. The van der Waals surface area contributed by atoms with Crippen molar-refractivity contribution in [3.63, 3.8) is 0 Å². The summed E-state index contributed by atoms with van der Waals surface area (Å²) in [6, 6.07) is 15.3. The first-order chi connectivity index (χ1) is 34.3. The van der Waals surface area contributed by atoms with Crippen LogP contribution in [-0.4, -0.2) is 126 Å². The molecule has 1 aliphatic carbocycles. The molecular formula is C53H57F2N8O9+. The third-order valence-corrected chi connectivity index (χ3v) is 14.0. The predicted molar refractivity (Wildman–Crippen MR) is 258 cm³/mol. The van der Waals surface area contributed by atoms with Crippen LogP contribution in [0.2, 0.25) is 0 Å². The minimum Gasteiger partial charge on any atom is -0.478 e. The van der Waals surface area contributed by atoms with Crippen molar-refractivity contribution in [1.82, 2.24) is 25.8 Å². The Balaban J connectivity index is 0.786. The highest BCUT2D eigenvalue weighted by molar-refractivity contribution is 6.02. The number of fused-ring (bicyclic) bond motifs is 3. The zero-order valence-electron chi connectivity index (χ0n) is 40.5. The molecule has 8 rings (SSSR count). The molecule has 2 fully saturated rings. The van der Waals surface area contributed by atoms with Crippen LogP contribution in [-0.2, 0) is 43.6 Å². The molecule has 0 aromatic heterocycles. The van der Waals surface area contributed by atoms with Gasteiger partial charge in [-0.2, -0.15) is 5.26 Å². The molecule has 4 N–H and O–H groups in total. The number of nitrogens with zero attached hydrogens (tertiary/aromatic N) is 5. The molecule has 2 unspecified atom stereocenters. The van der Waals surface area contributed by atoms with Gasteiger partial charge in [0.15, 0.2) is 0 Å². The molecule has 5 amide bonds. The number of carboxylic acids is 1. The molecule has 17 nitrogen and oxygen atoms in total. The molecule has 3 aromatic carbocycles. The molecule has 376 valence electrons. The third-order valence-electron chi connectivity index (χ3n) is 14.0. The highest BCUT2D eigenvalue weighted by atomic mass is 19.3. The average molecular weight is 988 g/mol. The number of rotatable bonds is 16. The largest absolute Gasteiger partial charge is 0.478 e. The number of carbonyl (C=O) groups excluding carboxylic acids is 6. The standard InChI is InChI=1S/C53H56F2N8O9/c1-60(2)34-11-15-39-44(22-34)72-45-23-35(61(3)4)12-16-40(45)48(39)38-14-10-30(19-41(38)52(70)71)49(67)57-18-6-9-37(64)13-17-46(65)58-26-31-7-5-8-32-27-62(28-42(31)32)47(66)21-33-20-43(59-50(33)68)51(69)63-29-53(54,55)24-36(63)25-56/h5,7-8,10-12,14-16,19,22-23,33,36,39,43,48H,6,9,13,17-18,20-21,24,26-29H2,1-4H3,(H3-,57,58,59,65,67,68,70,71)/p+1/t33-,36-,39?,43-,48?/m0/s1. The van der Waals surface area contributed by atoms with Gasteiger partial charge in [0, 0.05) is 125 Å². The zero-order valence-corrected chi connectivity index (χ0v) is 40.5. The number of ketones is 1. The minimum absolute atomic E-state index is 0.0108. The van der Waals surface area contributed by atoms with Gasteiger partial charge in [0.1, 0.15) is 43.5 Å². The Morgan fingerprint density at radius 2 is 1.78 bits per heavy atom. The van der Waals surface area contributed by atoms with E-state index in [0.29, 0.717) is 23.5 Å². The molecule has 4 heterocycles. The summed E-state index contributed by atoms with van der Waals surface area (Å²) in [5.74, 6) is -7.28. The van der Waals surface area contributed by atoms with E-state index in [2.05, 4.69) is 16.0 Å². The van der Waals surface area contributed by atoms with Crippen LogP contribution in [0.25, 0.3) is 0 Å². The second-order valence-corrected chi connectivity index (χ2v) is 19.4. The summed E-state index contributed by atoms with van der Waals surface area (Å²) in [6.45, 7) is -0.120. The summed E-state index contributed by atoms with van der Waals surface area (Å²) >= 11 is 0. The maximum atomic E-state index is 14.0. The first-order valence-corrected chi connectivity index (χ1v) is 23.9. The Bertz CT molecular complexity index is 2880. The number of carbonyl (C=O) groups is 7. The maximum absolute atomic E-state index is 14.0. The number of halogens is 2. The van der Waals surface area contributed by atoms with Crippen LogP contribution < -0.4 is 25.6 Å². The van der Waals surface area contributed by atoms with Crippen molar-refractivity contribution >= 4 is 52.7 Å². The van der Waals surface area contributed by atoms with E-state index in [4.69, 9.17) is 4.74 Å².